The molecule has 1 heterocycles. The largest absolute Gasteiger partial charge is 0.390 e. The lowest BCUT2D eigenvalue weighted by Gasteiger charge is -2.34. The summed E-state index contributed by atoms with van der Waals surface area (Å²) in [4.78, 5) is 2.33. The number of aliphatic hydroxyl groups is 1. The van der Waals surface area contributed by atoms with Gasteiger partial charge in [-0.15, -0.1) is 0 Å². The van der Waals surface area contributed by atoms with Gasteiger partial charge in [0.25, 0.3) is 0 Å². The SMILES string of the molecule is CCN1CCOC(C(O)Cc2cc(C)ccc2C)C1. The van der Waals surface area contributed by atoms with Gasteiger partial charge in [-0.3, -0.25) is 4.90 Å². The fourth-order valence-corrected chi connectivity index (χ4v) is 2.63. The number of aryl methyl sites for hydroxylation is 2. The molecule has 0 amide bonds. The van der Waals surface area contributed by atoms with Crippen LogP contribution in [0.5, 0.6) is 0 Å². The number of nitrogens with zero attached hydrogens (tertiary/aromatic N) is 1. The van der Waals surface area contributed by atoms with Crippen molar-refractivity contribution in [3.63, 3.8) is 0 Å². The predicted octanol–water partition coefficient (Wildman–Crippen LogP) is 1.93. The van der Waals surface area contributed by atoms with Gasteiger partial charge in [-0.2, -0.15) is 0 Å². The Labute approximate surface area is 116 Å². The van der Waals surface area contributed by atoms with Crippen LogP contribution >= 0.6 is 0 Å². The summed E-state index contributed by atoms with van der Waals surface area (Å²) in [5.41, 5.74) is 3.71. The number of morpholine rings is 1. The van der Waals surface area contributed by atoms with Crippen molar-refractivity contribution in [3.8, 4) is 0 Å². The lowest BCUT2D eigenvalue weighted by Crippen LogP contribution is -2.48. The molecule has 0 spiro atoms. The Morgan fingerprint density at radius 1 is 1.42 bits per heavy atom. The van der Waals surface area contributed by atoms with E-state index in [1.165, 1.54) is 16.7 Å². The van der Waals surface area contributed by atoms with Crippen LogP contribution in [0.1, 0.15) is 23.6 Å². The Hall–Kier alpha value is -0.900. The summed E-state index contributed by atoms with van der Waals surface area (Å²) in [7, 11) is 0. The van der Waals surface area contributed by atoms with E-state index in [-0.39, 0.29) is 6.10 Å². The zero-order valence-electron chi connectivity index (χ0n) is 12.2. The highest BCUT2D eigenvalue weighted by Gasteiger charge is 2.26. The van der Waals surface area contributed by atoms with Crippen molar-refractivity contribution in [2.75, 3.05) is 26.2 Å². The van der Waals surface area contributed by atoms with Gasteiger partial charge in [-0.25, -0.2) is 0 Å². The van der Waals surface area contributed by atoms with E-state index in [0.717, 1.165) is 26.2 Å². The van der Waals surface area contributed by atoms with Crippen molar-refractivity contribution in [3.05, 3.63) is 34.9 Å². The minimum Gasteiger partial charge on any atom is -0.390 e. The first-order valence-electron chi connectivity index (χ1n) is 7.18. The summed E-state index contributed by atoms with van der Waals surface area (Å²) in [5.74, 6) is 0. The van der Waals surface area contributed by atoms with E-state index in [0.29, 0.717) is 6.42 Å². The first-order valence-corrected chi connectivity index (χ1v) is 7.18. The molecular weight excluding hydrogens is 238 g/mol. The van der Waals surface area contributed by atoms with Crippen LogP contribution in [-0.2, 0) is 11.2 Å². The van der Waals surface area contributed by atoms with E-state index in [1.807, 2.05) is 0 Å². The lowest BCUT2D eigenvalue weighted by molar-refractivity contribution is -0.0867. The Morgan fingerprint density at radius 2 is 2.21 bits per heavy atom. The number of rotatable bonds is 4. The second kappa shape index (κ2) is 6.51. The summed E-state index contributed by atoms with van der Waals surface area (Å²) >= 11 is 0. The van der Waals surface area contributed by atoms with Crippen LogP contribution in [0, 0.1) is 13.8 Å². The van der Waals surface area contributed by atoms with Gasteiger partial charge in [0.1, 0.15) is 0 Å². The molecule has 3 nitrogen and oxygen atoms in total. The number of ether oxygens (including phenoxy) is 1. The third-order valence-corrected chi connectivity index (χ3v) is 3.99. The molecule has 1 aromatic carbocycles. The average Bonchev–Trinajstić information content (AvgIpc) is 2.43. The van der Waals surface area contributed by atoms with Crippen LogP contribution in [0.2, 0.25) is 0 Å². The van der Waals surface area contributed by atoms with Crippen LogP contribution in [-0.4, -0.2) is 48.5 Å². The maximum absolute atomic E-state index is 10.4. The van der Waals surface area contributed by atoms with E-state index < -0.39 is 6.10 Å². The first kappa shape index (κ1) is 14.5. The Morgan fingerprint density at radius 3 is 2.95 bits per heavy atom. The molecule has 1 saturated heterocycles. The molecule has 1 aliphatic heterocycles. The molecule has 19 heavy (non-hydrogen) atoms. The Kier molecular flexibility index (Phi) is 4.97. The topological polar surface area (TPSA) is 32.7 Å². The van der Waals surface area contributed by atoms with Gasteiger partial charge < -0.3 is 9.84 Å². The quantitative estimate of drug-likeness (QED) is 0.901. The summed E-state index contributed by atoms with van der Waals surface area (Å²) < 4.78 is 5.72. The van der Waals surface area contributed by atoms with Crippen molar-refractivity contribution < 1.29 is 9.84 Å². The lowest BCUT2D eigenvalue weighted by atomic mass is 9.97. The zero-order chi connectivity index (χ0) is 13.8. The fraction of sp³-hybridized carbons (Fsp3) is 0.625. The number of likely N-dealkylation sites (N-methyl/N-ethyl adjacent to an activating group) is 1. The summed E-state index contributed by atoms with van der Waals surface area (Å²) in [6.07, 6.45) is 0.193. The minimum absolute atomic E-state index is 0.0615. The molecule has 0 bridgehead atoms. The molecule has 106 valence electrons. The highest BCUT2D eigenvalue weighted by Crippen LogP contribution is 2.17. The van der Waals surface area contributed by atoms with Crippen molar-refractivity contribution in [2.45, 2.75) is 39.4 Å². The molecule has 2 rings (SSSR count). The van der Waals surface area contributed by atoms with Gasteiger partial charge in [0.15, 0.2) is 0 Å². The number of benzene rings is 1. The van der Waals surface area contributed by atoms with Gasteiger partial charge >= 0.3 is 0 Å². The van der Waals surface area contributed by atoms with E-state index in [4.69, 9.17) is 4.74 Å². The van der Waals surface area contributed by atoms with E-state index in [1.54, 1.807) is 0 Å². The standard InChI is InChI=1S/C16H25NO2/c1-4-17-7-8-19-16(11-17)15(18)10-14-9-12(2)5-6-13(14)3/h5-6,9,15-16,18H,4,7-8,10-11H2,1-3H3. The predicted molar refractivity (Wildman–Crippen MR) is 77.5 cm³/mol. The van der Waals surface area contributed by atoms with Crippen LogP contribution < -0.4 is 0 Å². The molecule has 0 aromatic heterocycles. The van der Waals surface area contributed by atoms with Crippen molar-refractivity contribution in [2.24, 2.45) is 0 Å². The maximum atomic E-state index is 10.4. The maximum Gasteiger partial charge on any atom is 0.0964 e. The molecule has 0 saturated carbocycles. The normalized spacial score (nSPS) is 22.4. The van der Waals surface area contributed by atoms with Gasteiger partial charge in [-0.05, 0) is 31.5 Å². The van der Waals surface area contributed by atoms with Gasteiger partial charge in [0.2, 0.25) is 0 Å². The van der Waals surface area contributed by atoms with Crippen LogP contribution in [0.15, 0.2) is 18.2 Å². The summed E-state index contributed by atoms with van der Waals surface area (Å²) in [6, 6.07) is 6.40. The molecule has 0 aliphatic carbocycles. The zero-order valence-corrected chi connectivity index (χ0v) is 12.2. The molecule has 1 fully saturated rings. The van der Waals surface area contributed by atoms with E-state index in [9.17, 15) is 5.11 Å². The van der Waals surface area contributed by atoms with Crippen LogP contribution in [0.25, 0.3) is 0 Å². The van der Waals surface area contributed by atoms with Crippen molar-refractivity contribution in [1.82, 2.24) is 4.90 Å². The molecule has 2 atom stereocenters. The third-order valence-electron chi connectivity index (χ3n) is 3.99. The molecule has 1 N–H and O–H groups in total. The monoisotopic (exact) mass is 263 g/mol. The second-order valence-corrected chi connectivity index (χ2v) is 5.50. The van der Waals surface area contributed by atoms with Crippen molar-refractivity contribution in [1.29, 1.82) is 0 Å². The summed E-state index contributed by atoms with van der Waals surface area (Å²) in [5, 5.41) is 10.4. The van der Waals surface area contributed by atoms with Crippen LogP contribution in [0.4, 0.5) is 0 Å². The molecule has 1 aromatic rings. The van der Waals surface area contributed by atoms with Crippen LogP contribution in [0.3, 0.4) is 0 Å². The fourth-order valence-electron chi connectivity index (χ4n) is 2.63. The Balaban J connectivity index is 2.00. The summed E-state index contributed by atoms with van der Waals surface area (Å²) in [6.45, 7) is 9.90. The average molecular weight is 263 g/mol. The molecule has 0 radical (unpaired) electrons. The highest BCUT2D eigenvalue weighted by molar-refractivity contribution is 5.31. The molecular formula is C16H25NO2. The molecule has 1 aliphatic rings. The number of hydrogen-bond acceptors (Lipinski definition) is 3. The second-order valence-electron chi connectivity index (χ2n) is 5.50. The van der Waals surface area contributed by atoms with E-state index >= 15 is 0 Å². The van der Waals surface area contributed by atoms with Gasteiger partial charge in [0, 0.05) is 19.5 Å². The molecule has 2 unspecified atom stereocenters. The smallest absolute Gasteiger partial charge is 0.0964 e. The number of aliphatic hydroxyl groups excluding tert-OH is 1. The Bertz CT molecular complexity index is 419. The van der Waals surface area contributed by atoms with Gasteiger partial charge in [0.05, 0.1) is 18.8 Å². The van der Waals surface area contributed by atoms with Crippen molar-refractivity contribution >= 4 is 0 Å². The van der Waals surface area contributed by atoms with Gasteiger partial charge in [-0.1, -0.05) is 30.7 Å². The first-order chi connectivity index (χ1) is 9.10. The minimum atomic E-state index is -0.421. The molecule has 3 heteroatoms. The third kappa shape index (κ3) is 3.78. The highest BCUT2D eigenvalue weighted by atomic mass is 16.5. The van der Waals surface area contributed by atoms with E-state index in [2.05, 4.69) is 43.9 Å². The number of hydrogen-bond donors (Lipinski definition) is 1.